The Labute approximate surface area is 386 Å². The molecule has 0 aromatic heterocycles. The predicted octanol–water partition coefficient (Wildman–Crippen LogP) is 20.4. The summed E-state index contributed by atoms with van der Waals surface area (Å²) in [4.78, 5) is 0. The summed E-state index contributed by atoms with van der Waals surface area (Å²) in [6.07, 6.45) is 48.4. The minimum Gasteiger partial charge on any atom is -0.493 e. The van der Waals surface area contributed by atoms with E-state index in [0.29, 0.717) is 0 Å². The first-order chi connectivity index (χ1) is 30.5. The minimum atomic E-state index is 1.05. The molecule has 0 atom stereocenters. The Hall–Kier alpha value is -2.48. The molecule has 2 aromatic carbocycles. The van der Waals surface area contributed by atoms with Crippen LogP contribution < -0.4 is 0 Å². The summed E-state index contributed by atoms with van der Waals surface area (Å²) >= 11 is 0. The average Bonchev–Trinajstić information content (AvgIpc) is 3.55. The largest absolute Gasteiger partial charge is 0.493 e. The van der Waals surface area contributed by atoms with Gasteiger partial charge in [0.1, 0.15) is 0 Å². The molecule has 0 unspecified atom stereocenters. The van der Waals surface area contributed by atoms with E-state index in [4.69, 9.17) is 0 Å². The molecule has 2 nitrogen and oxygen atoms in total. The van der Waals surface area contributed by atoms with Crippen LogP contribution in [0.3, 0.4) is 0 Å². The van der Waals surface area contributed by atoms with E-state index in [1.165, 1.54) is 250 Å². The number of hydrogen-bond donors (Lipinski definition) is 0. The second kappa shape index (κ2) is 34.9. The average molecular weight is 849 g/mol. The van der Waals surface area contributed by atoms with Gasteiger partial charge >= 0.3 is 0 Å². The maximum Gasteiger partial charge on any atom is 0.211 e. The molecule has 3 rings (SSSR count). The number of benzene rings is 2. The number of aryl methyl sites for hydroxylation is 4. The third-order valence-electron chi connectivity index (χ3n) is 13.8. The number of hydrogen-bond acceptors (Lipinski definition) is 0. The van der Waals surface area contributed by atoms with E-state index < -0.39 is 0 Å². The SMILES string of the molecule is CCCCCCCCc1cc(CCCCCCCC)cc(C2=C(CCCCCC)C(CCCCCC)=C(c3cc(CCCCCCCC)cc(CCCCCCCC)c3)[N+]2=[N-])c1. The van der Waals surface area contributed by atoms with Crippen LogP contribution in [-0.4, -0.2) is 4.70 Å². The molecule has 0 radical (unpaired) electrons. The first-order valence-electron chi connectivity index (χ1n) is 27.7. The van der Waals surface area contributed by atoms with Crippen LogP contribution in [0.5, 0.6) is 0 Å². The fourth-order valence-corrected chi connectivity index (χ4v) is 10.1. The lowest BCUT2D eigenvalue weighted by Crippen LogP contribution is -2.05. The fraction of sp³-hybridized carbons (Fsp3) is 0.733. The smallest absolute Gasteiger partial charge is 0.211 e. The van der Waals surface area contributed by atoms with Gasteiger partial charge in [-0.3, -0.25) is 0 Å². The van der Waals surface area contributed by atoms with Crippen molar-refractivity contribution in [2.24, 2.45) is 0 Å². The van der Waals surface area contributed by atoms with E-state index in [9.17, 15) is 5.53 Å². The van der Waals surface area contributed by atoms with E-state index >= 15 is 0 Å². The van der Waals surface area contributed by atoms with Crippen LogP contribution in [0.2, 0.25) is 0 Å². The first-order valence-corrected chi connectivity index (χ1v) is 27.7. The second-order valence-electron chi connectivity index (χ2n) is 19.7. The summed E-state index contributed by atoms with van der Waals surface area (Å²) in [6.45, 7) is 13.9. The van der Waals surface area contributed by atoms with Crippen molar-refractivity contribution in [2.75, 3.05) is 0 Å². The molecule has 0 N–H and O–H groups in total. The highest BCUT2D eigenvalue weighted by Gasteiger charge is 2.36. The molecule has 1 heterocycles. The van der Waals surface area contributed by atoms with Gasteiger partial charge in [-0.15, -0.1) is 0 Å². The summed E-state index contributed by atoms with van der Waals surface area (Å²) < 4.78 is 1.74. The summed E-state index contributed by atoms with van der Waals surface area (Å²) in [5, 5.41) is 0. The third kappa shape index (κ3) is 21.0. The Morgan fingerprint density at radius 1 is 0.274 bits per heavy atom. The molecule has 2 heteroatoms. The monoisotopic (exact) mass is 849 g/mol. The molecule has 350 valence electrons. The molecule has 0 amide bonds. The van der Waals surface area contributed by atoms with Crippen LogP contribution in [0.1, 0.15) is 293 Å². The zero-order valence-electron chi connectivity index (χ0n) is 42.2. The van der Waals surface area contributed by atoms with Crippen molar-refractivity contribution in [1.82, 2.24) is 0 Å². The quantitative estimate of drug-likeness (QED) is 0.0472. The molecular weight excluding hydrogens is 749 g/mol. The molecule has 0 spiro atoms. The Bertz CT molecular complexity index is 1360. The summed E-state index contributed by atoms with van der Waals surface area (Å²) in [5.74, 6) is 0. The predicted molar refractivity (Wildman–Crippen MR) is 276 cm³/mol. The number of unbranched alkanes of at least 4 members (excludes halogenated alkanes) is 26. The molecule has 1 aliphatic rings. The topological polar surface area (TPSA) is 25.3 Å². The Morgan fingerprint density at radius 2 is 0.484 bits per heavy atom. The maximum atomic E-state index is 13.0. The van der Waals surface area contributed by atoms with Gasteiger partial charge in [0.15, 0.2) is 0 Å². The number of nitrogens with zero attached hydrogens (tertiary/aromatic N) is 2. The first kappa shape index (κ1) is 53.9. The van der Waals surface area contributed by atoms with Gasteiger partial charge in [-0.2, -0.15) is 0 Å². The van der Waals surface area contributed by atoms with Gasteiger partial charge in [-0.25, -0.2) is 4.70 Å². The van der Waals surface area contributed by atoms with Crippen molar-refractivity contribution in [2.45, 2.75) is 286 Å². The molecular formula is C60H100N2. The third-order valence-corrected chi connectivity index (χ3v) is 13.8. The molecule has 2 aromatic rings. The fourth-order valence-electron chi connectivity index (χ4n) is 10.1. The minimum absolute atomic E-state index is 1.05. The van der Waals surface area contributed by atoms with Crippen LogP contribution in [0.4, 0.5) is 0 Å². The number of rotatable bonds is 40. The molecule has 0 bridgehead atoms. The van der Waals surface area contributed by atoms with Crippen LogP contribution in [0.25, 0.3) is 16.9 Å². The van der Waals surface area contributed by atoms with Gasteiger partial charge in [-0.05, 0) is 124 Å². The van der Waals surface area contributed by atoms with Gasteiger partial charge < -0.3 is 5.53 Å². The van der Waals surface area contributed by atoms with E-state index in [-0.39, 0.29) is 0 Å². The van der Waals surface area contributed by atoms with E-state index in [0.717, 1.165) is 49.9 Å². The van der Waals surface area contributed by atoms with E-state index in [1.807, 2.05) is 0 Å². The molecule has 0 saturated heterocycles. The van der Waals surface area contributed by atoms with E-state index in [1.54, 1.807) is 4.70 Å². The van der Waals surface area contributed by atoms with Crippen molar-refractivity contribution in [3.05, 3.63) is 86.5 Å². The van der Waals surface area contributed by atoms with Gasteiger partial charge in [0, 0.05) is 22.3 Å². The molecule has 0 saturated carbocycles. The molecule has 0 aliphatic carbocycles. The maximum absolute atomic E-state index is 13.0. The van der Waals surface area contributed by atoms with Crippen LogP contribution >= 0.6 is 0 Å². The Balaban J connectivity index is 2.12. The highest BCUT2D eigenvalue weighted by Crippen LogP contribution is 2.45. The standard InChI is InChI=1S/C60H100N2/c1-7-13-19-25-29-33-39-51-45-52(40-34-30-26-20-14-8-2)48-55(47-51)59-57(43-37-23-17-11-5)58(44-38-24-18-12-6)60(62(59)61)56-49-53(41-35-31-27-21-15-9-3)46-54(50-56)42-36-32-28-22-16-10-4/h45-50H,7-44H2,1-6H3. The van der Waals surface area contributed by atoms with Crippen molar-refractivity contribution < 1.29 is 4.70 Å². The lowest BCUT2D eigenvalue weighted by molar-refractivity contribution is -0.345. The van der Waals surface area contributed by atoms with E-state index in [2.05, 4.69) is 77.9 Å². The normalized spacial score (nSPS) is 13.1. The van der Waals surface area contributed by atoms with Crippen molar-refractivity contribution in [1.29, 1.82) is 0 Å². The van der Waals surface area contributed by atoms with Crippen molar-refractivity contribution in [3.8, 4) is 0 Å². The molecule has 1 aliphatic heterocycles. The zero-order chi connectivity index (χ0) is 44.5. The van der Waals surface area contributed by atoms with Crippen LogP contribution in [0.15, 0.2) is 47.5 Å². The lowest BCUT2D eigenvalue weighted by atomic mass is 9.89. The number of allylic oxidation sites excluding steroid dienone is 2. The Kier molecular flexibility index (Phi) is 30.3. The van der Waals surface area contributed by atoms with Gasteiger partial charge in [0.2, 0.25) is 11.4 Å². The Morgan fingerprint density at radius 3 is 0.742 bits per heavy atom. The van der Waals surface area contributed by atoms with Crippen molar-refractivity contribution >= 4 is 11.4 Å². The zero-order valence-corrected chi connectivity index (χ0v) is 42.2. The van der Waals surface area contributed by atoms with Crippen LogP contribution in [-0.2, 0) is 25.7 Å². The van der Waals surface area contributed by atoms with Gasteiger partial charge in [0.25, 0.3) is 0 Å². The lowest BCUT2D eigenvalue weighted by Gasteiger charge is -2.15. The highest BCUT2D eigenvalue weighted by molar-refractivity contribution is 5.82. The summed E-state index contributed by atoms with van der Waals surface area (Å²) in [5.41, 5.74) is 26.5. The second-order valence-corrected chi connectivity index (χ2v) is 19.7. The van der Waals surface area contributed by atoms with Crippen LogP contribution in [0, 0.1) is 0 Å². The highest BCUT2D eigenvalue weighted by atomic mass is 15.2. The summed E-state index contributed by atoms with van der Waals surface area (Å²) in [6, 6.07) is 15.1. The van der Waals surface area contributed by atoms with Gasteiger partial charge in [0.05, 0.1) is 0 Å². The van der Waals surface area contributed by atoms with Gasteiger partial charge in [-0.1, -0.05) is 221 Å². The molecule has 62 heavy (non-hydrogen) atoms. The summed E-state index contributed by atoms with van der Waals surface area (Å²) in [7, 11) is 0. The molecule has 0 fully saturated rings. The van der Waals surface area contributed by atoms with Crippen molar-refractivity contribution in [3.63, 3.8) is 0 Å².